The van der Waals surface area contributed by atoms with Crippen LogP contribution in [0.15, 0.2) is 136 Å². The molecule has 0 saturated carbocycles. The number of oxazole rings is 1. The second-order valence-corrected chi connectivity index (χ2v) is 11.1. The lowest BCUT2D eigenvalue weighted by Crippen LogP contribution is -1.88. The first-order valence-electron chi connectivity index (χ1n) is 14.6. The van der Waals surface area contributed by atoms with E-state index >= 15 is 0 Å². The molecule has 5 nitrogen and oxygen atoms in total. The first-order chi connectivity index (χ1) is 21.6. The Kier molecular flexibility index (Phi) is 6.16. The second-order valence-electron chi connectivity index (χ2n) is 11.1. The molecule has 0 unspecified atom stereocenters. The topological polar surface area (TPSA) is 65.0 Å². The zero-order chi connectivity index (χ0) is 29.6. The summed E-state index contributed by atoms with van der Waals surface area (Å²) in [5, 5.41) is 13.3. The van der Waals surface area contributed by atoms with Gasteiger partial charge in [-0.3, -0.25) is 0 Å². The number of rotatable bonds is 5. The molecule has 8 rings (SSSR count). The van der Waals surface area contributed by atoms with Crippen LogP contribution in [0.25, 0.3) is 78.4 Å². The molecular weight excluding hydrogens is 542 g/mol. The van der Waals surface area contributed by atoms with Crippen molar-refractivity contribution in [2.75, 3.05) is 0 Å². The molecular formula is C39H27N3O2. The molecule has 0 N–H and O–H groups in total. The highest BCUT2D eigenvalue weighted by Crippen LogP contribution is 2.36. The zero-order valence-electron chi connectivity index (χ0n) is 24.3. The predicted molar refractivity (Wildman–Crippen MR) is 176 cm³/mol. The number of benzene rings is 6. The summed E-state index contributed by atoms with van der Waals surface area (Å²) in [6.45, 7) is 4.18. The van der Waals surface area contributed by atoms with Gasteiger partial charge < -0.3 is 8.83 Å². The summed E-state index contributed by atoms with van der Waals surface area (Å²) < 4.78 is 12.5. The van der Waals surface area contributed by atoms with Gasteiger partial charge in [0.15, 0.2) is 5.76 Å². The van der Waals surface area contributed by atoms with Crippen LogP contribution in [0, 0.1) is 13.8 Å². The van der Waals surface area contributed by atoms with Gasteiger partial charge in [0.1, 0.15) is 0 Å². The third-order valence-electron chi connectivity index (χ3n) is 8.25. The van der Waals surface area contributed by atoms with Gasteiger partial charge in [-0.15, -0.1) is 10.2 Å². The van der Waals surface area contributed by atoms with Gasteiger partial charge in [0, 0.05) is 22.3 Å². The number of hydrogen-bond donors (Lipinski definition) is 0. The van der Waals surface area contributed by atoms with Gasteiger partial charge in [0.05, 0.1) is 6.20 Å². The largest absolute Gasteiger partial charge is 0.436 e. The quantitative estimate of drug-likeness (QED) is 0.206. The van der Waals surface area contributed by atoms with E-state index in [-0.39, 0.29) is 0 Å². The van der Waals surface area contributed by atoms with Crippen LogP contribution in [0.2, 0.25) is 0 Å². The maximum Gasteiger partial charge on any atom is 0.248 e. The highest BCUT2D eigenvalue weighted by atomic mass is 16.4. The number of nitrogens with zero attached hydrogens (tertiary/aromatic N) is 3. The molecule has 6 aromatic carbocycles. The summed E-state index contributed by atoms with van der Waals surface area (Å²) >= 11 is 0. The highest BCUT2D eigenvalue weighted by Gasteiger charge is 2.17. The first kappa shape index (κ1) is 25.9. The van der Waals surface area contributed by atoms with Gasteiger partial charge in [-0.05, 0) is 75.8 Å². The van der Waals surface area contributed by atoms with Crippen molar-refractivity contribution in [3.63, 3.8) is 0 Å². The summed E-state index contributed by atoms with van der Waals surface area (Å²) in [6, 6.07) is 41.6. The minimum atomic E-state index is 0.510. The van der Waals surface area contributed by atoms with Crippen LogP contribution in [0.5, 0.6) is 0 Å². The summed E-state index contributed by atoms with van der Waals surface area (Å²) in [7, 11) is 0. The number of aromatic nitrogens is 3. The molecule has 0 amide bonds. The van der Waals surface area contributed by atoms with E-state index in [0.717, 1.165) is 71.8 Å². The molecule has 2 aromatic heterocycles. The monoisotopic (exact) mass is 569 g/mol. The lowest BCUT2D eigenvalue weighted by atomic mass is 9.96. The molecule has 0 radical (unpaired) electrons. The van der Waals surface area contributed by atoms with E-state index in [1.807, 2.05) is 48.7 Å². The molecule has 0 fully saturated rings. The van der Waals surface area contributed by atoms with E-state index in [1.165, 1.54) is 0 Å². The maximum absolute atomic E-state index is 6.30. The zero-order valence-corrected chi connectivity index (χ0v) is 24.3. The first-order valence-corrected chi connectivity index (χ1v) is 14.6. The Morgan fingerprint density at radius 2 is 0.977 bits per heavy atom. The molecule has 2 heterocycles. The van der Waals surface area contributed by atoms with Crippen LogP contribution in [0.3, 0.4) is 0 Å². The van der Waals surface area contributed by atoms with E-state index in [0.29, 0.717) is 17.7 Å². The molecule has 5 heteroatoms. The fourth-order valence-corrected chi connectivity index (χ4v) is 5.99. The molecule has 210 valence electrons. The third kappa shape index (κ3) is 4.46. The number of fused-ring (bicyclic) bond motifs is 2. The average molecular weight is 570 g/mol. The minimum Gasteiger partial charge on any atom is -0.436 e. The Morgan fingerprint density at radius 1 is 0.455 bits per heavy atom. The summed E-state index contributed by atoms with van der Waals surface area (Å²) in [4.78, 5) is 4.63. The van der Waals surface area contributed by atoms with Gasteiger partial charge >= 0.3 is 0 Å². The van der Waals surface area contributed by atoms with E-state index in [4.69, 9.17) is 8.83 Å². The molecule has 0 atom stereocenters. The van der Waals surface area contributed by atoms with Crippen molar-refractivity contribution >= 4 is 21.5 Å². The Labute approximate surface area is 254 Å². The fraction of sp³-hybridized carbons (Fsp3) is 0.0513. The molecule has 0 aliphatic rings. The van der Waals surface area contributed by atoms with Crippen LogP contribution in [0.1, 0.15) is 11.1 Å². The normalized spacial score (nSPS) is 11.4. The Bertz CT molecular complexity index is 2150. The molecule has 44 heavy (non-hydrogen) atoms. The van der Waals surface area contributed by atoms with Crippen molar-refractivity contribution in [1.29, 1.82) is 0 Å². The second kappa shape index (κ2) is 10.5. The Balaban J connectivity index is 1.07. The van der Waals surface area contributed by atoms with Crippen molar-refractivity contribution < 1.29 is 8.83 Å². The van der Waals surface area contributed by atoms with Crippen molar-refractivity contribution in [3.8, 4) is 56.8 Å². The fourth-order valence-electron chi connectivity index (χ4n) is 5.99. The summed E-state index contributed by atoms with van der Waals surface area (Å²) in [6.07, 6.45) is 1.81. The summed E-state index contributed by atoms with van der Waals surface area (Å²) in [5.41, 5.74) is 8.28. The van der Waals surface area contributed by atoms with E-state index in [2.05, 4.69) is 108 Å². The van der Waals surface area contributed by atoms with Crippen LogP contribution >= 0.6 is 0 Å². The third-order valence-corrected chi connectivity index (χ3v) is 8.25. The van der Waals surface area contributed by atoms with E-state index < -0.39 is 0 Å². The Hall–Kier alpha value is -5.81. The van der Waals surface area contributed by atoms with Gasteiger partial charge in [-0.2, -0.15) is 0 Å². The van der Waals surface area contributed by atoms with Crippen LogP contribution in [-0.4, -0.2) is 15.2 Å². The molecule has 8 aromatic rings. The Morgan fingerprint density at radius 3 is 1.59 bits per heavy atom. The number of aryl methyl sites for hydroxylation is 2. The molecule has 0 saturated heterocycles. The van der Waals surface area contributed by atoms with E-state index in [9.17, 15) is 0 Å². The lowest BCUT2D eigenvalue weighted by Gasteiger charge is -2.09. The van der Waals surface area contributed by atoms with Gasteiger partial charge in [0.25, 0.3) is 0 Å². The average Bonchev–Trinajstić information content (AvgIpc) is 3.75. The van der Waals surface area contributed by atoms with Gasteiger partial charge in [0.2, 0.25) is 17.7 Å². The van der Waals surface area contributed by atoms with Crippen molar-refractivity contribution in [2.45, 2.75) is 13.8 Å². The van der Waals surface area contributed by atoms with Crippen LogP contribution < -0.4 is 0 Å². The van der Waals surface area contributed by atoms with Crippen LogP contribution in [0.4, 0.5) is 0 Å². The molecule has 0 bridgehead atoms. The highest BCUT2D eigenvalue weighted by molar-refractivity contribution is 5.95. The SMILES string of the molecule is Cc1cc(-c2ccc(-c3nnc(-c4cccc5ccccc45)o3)c(C)c2)ccc1-c1cnc(-c2cccc3ccccc23)o1. The van der Waals surface area contributed by atoms with E-state index in [1.54, 1.807) is 0 Å². The smallest absolute Gasteiger partial charge is 0.248 e. The van der Waals surface area contributed by atoms with Crippen LogP contribution in [-0.2, 0) is 0 Å². The molecule has 0 aliphatic heterocycles. The van der Waals surface area contributed by atoms with Crippen molar-refractivity contribution in [1.82, 2.24) is 15.2 Å². The summed E-state index contributed by atoms with van der Waals surface area (Å²) in [5.74, 6) is 2.40. The lowest BCUT2D eigenvalue weighted by molar-refractivity contribution is 0.585. The maximum atomic E-state index is 6.30. The number of hydrogen-bond acceptors (Lipinski definition) is 5. The molecule has 0 spiro atoms. The standard InChI is InChI=1S/C39H27N3O2/c1-24-21-28(17-19-30(24)36-23-40-37(43-36)34-15-7-11-26-9-3-5-13-32(26)34)29-18-20-31(25(2)22-29)38-41-42-39(44-38)35-16-8-12-27-10-4-6-14-33(27)35/h3-23H,1-2H3. The predicted octanol–water partition coefficient (Wildman–Crippen LogP) is 10.3. The van der Waals surface area contributed by atoms with Crippen molar-refractivity contribution in [3.05, 3.63) is 139 Å². The van der Waals surface area contributed by atoms with Gasteiger partial charge in [-0.1, -0.05) is 103 Å². The van der Waals surface area contributed by atoms with Crippen molar-refractivity contribution in [2.24, 2.45) is 0 Å². The van der Waals surface area contributed by atoms with Gasteiger partial charge in [-0.25, -0.2) is 4.98 Å². The molecule has 0 aliphatic carbocycles. The minimum absolute atomic E-state index is 0.510.